The average molecular weight is 394 g/mol. The van der Waals surface area contributed by atoms with E-state index in [4.69, 9.17) is 9.15 Å². The van der Waals surface area contributed by atoms with Gasteiger partial charge in [0, 0.05) is 44.0 Å². The first kappa shape index (κ1) is 19.5. The molecule has 3 aromatic rings. The molecule has 152 valence electrons. The third-order valence-electron chi connectivity index (χ3n) is 5.40. The number of hydrogen-bond donors (Lipinski definition) is 1. The second kappa shape index (κ2) is 8.27. The van der Waals surface area contributed by atoms with E-state index in [0.717, 1.165) is 37.4 Å². The number of aromatic hydroxyl groups is 1. The number of ether oxygens (including phenoxy) is 1. The van der Waals surface area contributed by atoms with Crippen molar-refractivity contribution in [2.24, 2.45) is 0 Å². The highest BCUT2D eigenvalue weighted by Gasteiger charge is 2.18. The SMILES string of the molecule is CCOCc1ccc2oc(-c3ccc(N4CCN(C)CC4)cc3)c(O)c(=O)c2c1. The molecule has 1 fully saturated rings. The number of benzene rings is 2. The summed E-state index contributed by atoms with van der Waals surface area (Å²) in [7, 11) is 2.13. The minimum atomic E-state index is -0.428. The zero-order valence-electron chi connectivity index (χ0n) is 16.9. The van der Waals surface area contributed by atoms with Crippen LogP contribution >= 0.6 is 0 Å². The maximum atomic E-state index is 12.7. The van der Waals surface area contributed by atoms with Gasteiger partial charge >= 0.3 is 0 Å². The predicted molar refractivity (Wildman–Crippen MR) is 115 cm³/mol. The molecular formula is C23H26N2O4. The van der Waals surface area contributed by atoms with Gasteiger partial charge in [0.05, 0.1) is 12.0 Å². The van der Waals surface area contributed by atoms with Gasteiger partial charge in [-0.2, -0.15) is 0 Å². The largest absolute Gasteiger partial charge is 0.502 e. The topological polar surface area (TPSA) is 66.2 Å². The maximum Gasteiger partial charge on any atom is 0.235 e. The number of anilines is 1. The Bertz CT molecular complexity index is 1050. The van der Waals surface area contributed by atoms with Crippen molar-refractivity contribution in [1.82, 2.24) is 4.90 Å². The highest BCUT2D eigenvalue weighted by atomic mass is 16.5. The van der Waals surface area contributed by atoms with Gasteiger partial charge in [0.2, 0.25) is 11.2 Å². The van der Waals surface area contributed by atoms with Crippen molar-refractivity contribution < 1.29 is 14.3 Å². The van der Waals surface area contributed by atoms with Crippen molar-refractivity contribution in [2.75, 3.05) is 44.7 Å². The summed E-state index contributed by atoms with van der Waals surface area (Å²) < 4.78 is 11.3. The van der Waals surface area contributed by atoms with Crippen molar-refractivity contribution in [3.05, 3.63) is 58.3 Å². The molecule has 1 aliphatic heterocycles. The molecule has 1 aromatic heterocycles. The smallest absolute Gasteiger partial charge is 0.235 e. The van der Waals surface area contributed by atoms with Crippen LogP contribution in [0.4, 0.5) is 5.69 Å². The molecule has 0 saturated carbocycles. The summed E-state index contributed by atoms with van der Waals surface area (Å²) in [6.45, 7) is 6.97. The predicted octanol–water partition coefficient (Wildman–Crippen LogP) is 3.45. The minimum Gasteiger partial charge on any atom is -0.502 e. The lowest BCUT2D eigenvalue weighted by molar-refractivity contribution is 0.134. The Labute approximate surface area is 169 Å². The zero-order chi connectivity index (χ0) is 20.4. The summed E-state index contributed by atoms with van der Waals surface area (Å²) in [6.07, 6.45) is 0. The average Bonchev–Trinajstić information content (AvgIpc) is 2.75. The van der Waals surface area contributed by atoms with Gasteiger partial charge in [-0.15, -0.1) is 0 Å². The van der Waals surface area contributed by atoms with E-state index in [1.807, 2.05) is 37.3 Å². The first-order valence-corrected chi connectivity index (χ1v) is 9.97. The number of fused-ring (bicyclic) bond motifs is 1. The lowest BCUT2D eigenvalue weighted by Gasteiger charge is -2.34. The summed E-state index contributed by atoms with van der Waals surface area (Å²) in [5.74, 6) is -0.164. The van der Waals surface area contributed by atoms with Gasteiger partial charge in [-0.3, -0.25) is 4.79 Å². The van der Waals surface area contributed by atoms with Gasteiger partial charge in [-0.05, 0) is 55.9 Å². The number of rotatable bonds is 5. The number of likely N-dealkylation sites (N-methyl/N-ethyl adjacent to an activating group) is 1. The lowest BCUT2D eigenvalue weighted by Crippen LogP contribution is -2.44. The fourth-order valence-electron chi connectivity index (χ4n) is 3.63. The van der Waals surface area contributed by atoms with Crippen LogP contribution < -0.4 is 10.3 Å². The van der Waals surface area contributed by atoms with Gasteiger partial charge in [-0.25, -0.2) is 0 Å². The first-order valence-electron chi connectivity index (χ1n) is 9.97. The van der Waals surface area contributed by atoms with Crippen LogP contribution in [0.1, 0.15) is 12.5 Å². The lowest BCUT2D eigenvalue weighted by atomic mass is 10.1. The van der Waals surface area contributed by atoms with Crippen LogP contribution in [0.3, 0.4) is 0 Å². The molecule has 0 bridgehead atoms. The van der Waals surface area contributed by atoms with Crippen LogP contribution in [-0.2, 0) is 11.3 Å². The summed E-state index contributed by atoms with van der Waals surface area (Å²) in [5, 5.41) is 10.9. The molecular weight excluding hydrogens is 368 g/mol. The quantitative estimate of drug-likeness (QED) is 0.715. The van der Waals surface area contributed by atoms with Crippen molar-refractivity contribution in [1.29, 1.82) is 0 Å². The third kappa shape index (κ3) is 3.99. The van der Waals surface area contributed by atoms with Crippen molar-refractivity contribution >= 4 is 16.7 Å². The van der Waals surface area contributed by atoms with Crippen LogP contribution in [0.5, 0.6) is 5.75 Å². The van der Waals surface area contributed by atoms with E-state index in [2.05, 4.69) is 16.8 Å². The van der Waals surface area contributed by atoms with Crippen molar-refractivity contribution in [2.45, 2.75) is 13.5 Å². The van der Waals surface area contributed by atoms with E-state index in [0.29, 0.717) is 29.7 Å². The number of hydrogen-bond acceptors (Lipinski definition) is 6. The molecule has 29 heavy (non-hydrogen) atoms. The Hall–Kier alpha value is -2.83. The Morgan fingerprint density at radius 1 is 1.07 bits per heavy atom. The Balaban J connectivity index is 1.65. The summed E-state index contributed by atoms with van der Waals surface area (Å²) in [5.41, 5.74) is 2.70. The standard InChI is InChI=1S/C23H26N2O4/c1-3-28-15-16-4-9-20-19(14-16)21(26)22(27)23(29-20)17-5-7-18(8-6-17)25-12-10-24(2)11-13-25/h4-9,14,27H,3,10-13,15H2,1-2H3. The van der Waals surface area contributed by atoms with E-state index in [-0.39, 0.29) is 11.5 Å². The minimum absolute atomic E-state index is 0.199. The van der Waals surface area contributed by atoms with E-state index in [1.54, 1.807) is 12.1 Å². The van der Waals surface area contributed by atoms with Crippen LogP contribution in [-0.4, -0.2) is 49.8 Å². The Morgan fingerprint density at radius 3 is 2.48 bits per heavy atom. The molecule has 1 saturated heterocycles. The summed E-state index contributed by atoms with van der Waals surface area (Å²) in [6, 6.07) is 13.1. The molecule has 1 aliphatic rings. The fraction of sp³-hybridized carbons (Fsp3) is 0.348. The molecule has 0 atom stereocenters. The zero-order valence-corrected chi connectivity index (χ0v) is 16.9. The third-order valence-corrected chi connectivity index (χ3v) is 5.40. The van der Waals surface area contributed by atoms with E-state index >= 15 is 0 Å². The van der Waals surface area contributed by atoms with Crippen LogP contribution in [0.2, 0.25) is 0 Å². The normalized spacial score (nSPS) is 15.2. The monoisotopic (exact) mass is 394 g/mol. The number of piperazine rings is 1. The molecule has 4 rings (SSSR count). The highest BCUT2D eigenvalue weighted by molar-refractivity contribution is 5.82. The molecule has 6 nitrogen and oxygen atoms in total. The van der Waals surface area contributed by atoms with Gasteiger partial charge in [0.1, 0.15) is 5.58 Å². The molecule has 2 heterocycles. The molecule has 1 N–H and O–H groups in total. The fourth-order valence-corrected chi connectivity index (χ4v) is 3.63. The van der Waals surface area contributed by atoms with E-state index in [1.165, 1.54) is 0 Å². The number of nitrogens with zero attached hydrogens (tertiary/aromatic N) is 2. The van der Waals surface area contributed by atoms with E-state index in [9.17, 15) is 9.90 Å². The highest BCUT2D eigenvalue weighted by Crippen LogP contribution is 2.31. The van der Waals surface area contributed by atoms with Gasteiger partial charge in [0.25, 0.3) is 0 Å². The van der Waals surface area contributed by atoms with Crippen LogP contribution in [0, 0.1) is 0 Å². The van der Waals surface area contributed by atoms with Gasteiger partial charge < -0.3 is 24.1 Å². The van der Waals surface area contributed by atoms with Crippen molar-refractivity contribution in [3.8, 4) is 17.1 Å². The Morgan fingerprint density at radius 2 is 1.79 bits per heavy atom. The summed E-state index contributed by atoms with van der Waals surface area (Å²) >= 11 is 0. The molecule has 0 aliphatic carbocycles. The molecule has 0 amide bonds. The first-order chi connectivity index (χ1) is 14.1. The molecule has 2 aromatic carbocycles. The molecule has 0 unspecified atom stereocenters. The van der Waals surface area contributed by atoms with Crippen LogP contribution in [0.25, 0.3) is 22.3 Å². The molecule has 0 radical (unpaired) electrons. The summed E-state index contributed by atoms with van der Waals surface area (Å²) in [4.78, 5) is 17.4. The Kier molecular flexibility index (Phi) is 5.56. The maximum absolute atomic E-state index is 12.7. The van der Waals surface area contributed by atoms with E-state index < -0.39 is 5.43 Å². The second-order valence-corrected chi connectivity index (χ2v) is 7.41. The second-order valence-electron chi connectivity index (χ2n) is 7.41. The molecule has 6 heteroatoms. The van der Waals surface area contributed by atoms with Gasteiger partial charge in [-0.1, -0.05) is 6.07 Å². The van der Waals surface area contributed by atoms with Gasteiger partial charge in [0.15, 0.2) is 5.76 Å². The van der Waals surface area contributed by atoms with Crippen LogP contribution in [0.15, 0.2) is 51.7 Å². The molecule has 0 spiro atoms. The van der Waals surface area contributed by atoms with Crippen molar-refractivity contribution in [3.63, 3.8) is 0 Å².